The van der Waals surface area contributed by atoms with Crippen molar-refractivity contribution in [1.82, 2.24) is 4.98 Å². The topological polar surface area (TPSA) is 104 Å². The fourth-order valence-electron chi connectivity index (χ4n) is 2.56. The van der Waals surface area contributed by atoms with Crippen LogP contribution in [0.4, 0.5) is 11.4 Å². The zero-order valence-electron chi connectivity index (χ0n) is 18.3. The second-order valence-corrected chi connectivity index (χ2v) is 8.91. The molecule has 0 unspecified atom stereocenters. The highest BCUT2D eigenvalue weighted by atomic mass is 32.1. The molecule has 1 heterocycles. The number of nitrogens with zero attached hydrogens (tertiary/aromatic N) is 2. The molecule has 0 saturated carbocycles. The first kappa shape index (κ1) is 23.6. The number of ether oxygens (including phenoxy) is 2. The number of carbonyl (C=O) groups excluding carboxylic acids is 1. The Kier molecular flexibility index (Phi) is 7.77. The van der Waals surface area contributed by atoms with Crippen LogP contribution in [0, 0.1) is 17.0 Å². The molecule has 1 N–H and O–H groups in total. The van der Waals surface area contributed by atoms with Crippen molar-refractivity contribution in [1.29, 1.82) is 0 Å². The van der Waals surface area contributed by atoms with Gasteiger partial charge in [0.2, 0.25) is 0 Å². The Labute approximate surface area is 180 Å². The van der Waals surface area contributed by atoms with Crippen LogP contribution in [0.15, 0.2) is 12.1 Å². The Morgan fingerprint density at radius 2 is 1.73 bits per heavy atom. The predicted molar refractivity (Wildman–Crippen MR) is 118 cm³/mol. The zero-order valence-corrected chi connectivity index (χ0v) is 19.1. The Morgan fingerprint density at radius 3 is 2.20 bits per heavy atom. The van der Waals surface area contributed by atoms with Gasteiger partial charge in [0.05, 0.1) is 34.9 Å². The molecule has 0 saturated heterocycles. The van der Waals surface area contributed by atoms with E-state index in [0.717, 1.165) is 17.8 Å². The molecule has 1 amide bonds. The van der Waals surface area contributed by atoms with Gasteiger partial charge < -0.3 is 14.8 Å². The maximum atomic E-state index is 12.9. The van der Waals surface area contributed by atoms with Crippen molar-refractivity contribution >= 4 is 28.6 Å². The van der Waals surface area contributed by atoms with Crippen molar-refractivity contribution in [3.8, 4) is 11.5 Å². The maximum absolute atomic E-state index is 12.9. The van der Waals surface area contributed by atoms with Gasteiger partial charge in [-0.25, -0.2) is 4.98 Å². The Bertz CT molecular complexity index is 918. The summed E-state index contributed by atoms with van der Waals surface area (Å²) in [5.41, 5.74) is 0.205. The molecule has 1 aromatic heterocycles. The van der Waals surface area contributed by atoms with Crippen molar-refractivity contribution in [2.24, 2.45) is 0 Å². The van der Waals surface area contributed by atoms with Crippen LogP contribution in [0.25, 0.3) is 0 Å². The molecule has 9 heteroatoms. The fourth-order valence-corrected chi connectivity index (χ4v) is 3.58. The second-order valence-electron chi connectivity index (χ2n) is 7.91. The third-order valence-corrected chi connectivity index (χ3v) is 5.66. The van der Waals surface area contributed by atoms with Crippen molar-refractivity contribution in [3.05, 3.63) is 37.8 Å². The first-order valence-electron chi connectivity index (χ1n) is 9.95. The molecule has 0 aliphatic rings. The highest BCUT2D eigenvalue weighted by Gasteiger charge is 2.26. The molecule has 2 aromatic rings. The average molecular weight is 436 g/mol. The number of carbonyl (C=O) groups is 1. The lowest BCUT2D eigenvalue weighted by atomic mass is 9.98. The quantitative estimate of drug-likeness (QED) is 0.413. The molecule has 2 rings (SSSR count). The molecule has 0 radical (unpaired) electrons. The van der Waals surface area contributed by atoms with Crippen LogP contribution in [0.2, 0.25) is 0 Å². The summed E-state index contributed by atoms with van der Waals surface area (Å²) in [6.07, 6.45) is 1.52. The molecule has 0 fully saturated rings. The number of thiazole rings is 1. The van der Waals surface area contributed by atoms with Crippen molar-refractivity contribution in [2.75, 3.05) is 18.5 Å². The van der Waals surface area contributed by atoms with E-state index in [1.807, 2.05) is 34.6 Å². The summed E-state index contributed by atoms with van der Waals surface area (Å²) in [7, 11) is 0. The minimum atomic E-state index is -0.544. The lowest BCUT2D eigenvalue weighted by Crippen LogP contribution is -2.13. The molecule has 1 aromatic carbocycles. The molecule has 0 bridgehead atoms. The van der Waals surface area contributed by atoms with Crippen molar-refractivity contribution in [3.63, 3.8) is 0 Å². The van der Waals surface area contributed by atoms with Gasteiger partial charge in [-0.1, -0.05) is 34.6 Å². The van der Waals surface area contributed by atoms with Gasteiger partial charge in [-0.2, -0.15) is 0 Å². The standard InChI is InChI=1S/C21H29N3O5S/c1-7-9-28-16-11-14(15(24(26)27)12-17(16)29-10-8-2)23-19(25)18-13(3)22-20(30-18)21(4,5)6/h11-12H,7-10H2,1-6H3,(H,23,25). The minimum Gasteiger partial charge on any atom is -0.490 e. The van der Waals surface area contributed by atoms with E-state index in [-0.39, 0.29) is 16.8 Å². The van der Waals surface area contributed by atoms with Crippen LogP contribution in [-0.2, 0) is 5.41 Å². The lowest BCUT2D eigenvalue weighted by molar-refractivity contribution is -0.384. The molecular formula is C21H29N3O5S. The number of benzene rings is 1. The van der Waals surface area contributed by atoms with Crippen LogP contribution in [0.1, 0.15) is 67.8 Å². The number of nitrogens with one attached hydrogen (secondary N) is 1. The number of aromatic nitrogens is 1. The molecule has 30 heavy (non-hydrogen) atoms. The van der Waals surface area contributed by atoms with Gasteiger partial charge in [0.25, 0.3) is 11.6 Å². The fraction of sp³-hybridized carbons (Fsp3) is 0.524. The van der Waals surface area contributed by atoms with Crippen molar-refractivity contribution < 1.29 is 19.2 Å². The molecule has 164 valence electrons. The van der Waals surface area contributed by atoms with Gasteiger partial charge in [-0.3, -0.25) is 14.9 Å². The summed E-state index contributed by atoms with van der Waals surface area (Å²) in [6.45, 7) is 12.5. The molecule has 8 nitrogen and oxygen atoms in total. The summed E-state index contributed by atoms with van der Waals surface area (Å²) < 4.78 is 11.3. The minimum absolute atomic E-state index is 0.0602. The molecular weight excluding hydrogens is 406 g/mol. The van der Waals surface area contributed by atoms with E-state index in [2.05, 4.69) is 10.3 Å². The van der Waals surface area contributed by atoms with Gasteiger partial charge in [0, 0.05) is 11.5 Å². The normalized spacial score (nSPS) is 11.3. The lowest BCUT2D eigenvalue weighted by Gasteiger charge is -2.14. The van der Waals surface area contributed by atoms with Crippen LogP contribution in [0.5, 0.6) is 11.5 Å². The number of nitro benzene ring substituents is 1. The van der Waals surface area contributed by atoms with Gasteiger partial charge in [0.1, 0.15) is 10.6 Å². The highest BCUT2D eigenvalue weighted by molar-refractivity contribution is 7.14. The summed E-state index contributed by atoms with van der Waals surface area (Å²) in [4.78, 5) is 28.9. The number of nitro groups is 1. The van der Waals surface area contributed by atoms with Gasteiger partial charge in [-0.05, 0) is 19.8 Å². The maximum Gasteiger partial charge on any atom is 0.296 e. The number of anilines is 1. The monoisotopic (exact) mass is 435 g/mol. The van der Waals surface area contributed by atoms with Crippen LogP contribution in [-0.4, -0.2) is 29.0 Å². The predicted octanol–water partition coefficient (Wildman–Crippen LogP) is 5.49. The Morgan fingerprint density at radius 1 is 1.17 bits per heavy atom. The first-order valence-corrected chi connectivity index (χ1v) is 10.8. The van der Waals surface area contributed by atoms with Crippen LogP contribution >= 0.6 is 11.3 Å². The van der Waals surface area contributed by atoms with Crippen LogP contribution in [0.3, 0.4) is 0 Å². The molecule has 0 aliphatic carbocycles. The van der Waals surface area contributed by atoms with E-state index in [1.165, 1.54) is 23.5 Å². The van der Waals surface area contributed by atoms with E-state index in [0.29, 0.717) is 35.3 Å². The Hall–Kier alpha value is -2.68. The third kappa shape index (κ3) is 5.69. The van der Waals surface area contributed by atoms with E-state index in [4.69, 9.17) is 9.47 Å². The van der Waals surface area contributed by atoms with E-state index in [9.17, 15) is 14.9 Å². The van der Waals surface area contributed by atoms with Crippen molar-refractivity contribution in [2.45, 2.75) is 59.8 Å². The van der Waals surface area contributed by atoms with Gasteiger partial charge in [-0.15, -0.1) is 11.3 Å². The number of amides is 1. The first-order chi connectivity index (χ1) is 14.1. The molecule has 0 atom stereocenters. The number of hydrogen-bond acceptors (Lipinski definition) is 7. The van der Waals surface area contributed by atoms with Gasteiger partial charge >= 0.3 is 0 Å². The van der Waals surface area contributed by atoms with E-state index in [1.54, 1.807) is 6.92 Å². The summed E-state index contributed by atoms with van der Waals surface area (Å²) >= 11 is 1.29. The third-order valence-electron chi connectivity index (χ3n) is 4.07. The summed E-state index contributed by atoms with van der Waals surface area (Å²) in [5.74, 6) is 0.217. The highest BCUT2D eigenvalue weighted by Crippen LogP contribution is 2.39. The average Bonchev–Trinajstić information content (AvgIpc) is 3.07. The number of rotatable bonds is 9. The van der Waals surface area contributed by atoms with E-state index < -0.39 is 10.8 Å². The Balaban J connectivity index is 2.43. The molecule has 0 aliphatic heterocycles. The smallest absolute Gasteiger partial charge is 0.296 e. The summed E-state index contributed by atoms with van der Waals surface area (Å²) in [5, 5.41) is 15.1. The molecule has 0 spiro atoms. The zero-order chi connectivity index (χ0) is 22.5. The van der Waals surface area contributed by atoms with Gasteiger partial charge in [0.15, 0.2) is 11.5 Å². The largest absolute Gasteiger partial charge is 0.490 e. The second kappa shape index (κ2) is 9.88. The summed E-state index contributed by atoms with van der Waals surface area (Å²) in [6, 6.07) is 2.76. The van der Waals surface area contributed by atoms with E-state index >= 15 is 0 Å². The number of hydrogen-bond donors (Lipinski definition) is 1. The SMILES string of the molecule is CCCOc1cc(NC(=O)c2sc(C(C)(C)C)nc2C)c([N+](=O)[O-])cc1OCCC. The number of aryl methyl sites for hydroxylation is 1. The van der Waals surface area contributed by atoms with Crippen LogP contribution < -0.4 is 14.8 Å².